The summed E-state index contributed by atoms with van der Waals surface area (Å²) in [5.74, 6) is 1.42. The maximum atomic E-state index is 12.0. The molecule has 23 heavy (non-hydrogen) atoms. The minimum absolute atomic E-state index is 0.224. The number of ether oxygens (including phenoxy) is 3. The van der Waals surface area contributed by atoms with Gasteiger partial charge in [-0.25, -0.2) is 5.48 Å². The van der Waals surface area contributed by atoms with Crippen LogP contribution in [0.15, 0.2) is 48.5 Å². The first-order chi connectivity index (χ1) is 11.2. The molecule has 0 aliphatic heterocycles. The summed E-state index contributed by atoms with van der Waals surface area (Å²) in [6.45, 7) is 0.549. The Kier molecular flexibility index (Phi) is 6.26. The van der Waals surface area contributed by atoms with Crippen LogP contribution < -0.4 is 19.7 Å². The molecule has 0 saturated heterocycles. The number of para-hydroxylation sites is 1. The van der Waals surface area contributed by atoms with Crippen LogP contribution in [0.1, 0.15) is 10.4 Å². The second kappa shape index (κ2) is 8.65. The van der Waals surface area contributed by atoms with Gasteiger partial charge in [-0.05, 0) is 24.3 Å². The second-order valence-corrected chi connectivity index (χ2v) is 4.54. The monoisotopic (exact) mass is 317 g/mol. The van der Waals surface area contributed by atoms with Gasteiger partial charge in [-0.1, -0.05) is 18.2 Å². The first-order valence-corrected chi connectivity index (χ1v) is 7.06. The molecular weight excluding hydrogens is 298 g/mol. The van der Waals surface area contributed by atoms with Crippen molar-refractivity contribution in [3.8, 4) is 17.2 Å². The lowest BCUT2D eigenvalue weighted by atomic mass is 10.2. The maximum absolute atomic E-state index is 12.0. The van der Waals surface area contributed by atoms with Crippen molar-refractivity contribution in [1.29, 1.82) is 0 Å². The van der Waals surface area contributed by atoms with Gasteiger partial charge in [0.25, 0.3) is 5.91 Å². The summed E-state index contributed by atoms with van der Waals surface area (Å²) in [4.78, 5) is 17.1. The minimum Gasteiger partial charge on any atom is -0.497 e. The molecule has 2 rings (SSSR count). The van der Waals surface area contributed by atoms with Gasteiger partial charge in [0.05, 0.1) is 14.2 Å². The number of carbonyl (C=O) groups excluding carboxylic acids is 1. The van der Waals surface area contributed by atoms with Gasteiger partial charge in [0.1, 0.15) is 30.5 Å². The number of methoxy groups -OCH3 is 2. The van der Waals surface area contributed by atoms with E-state index in [1.807, 2.05) is 30.3 Å². The van der Waals surface area contributed by atoms with E-state index in [1.54, 1.807) is 18.2 Å². The molecule has 0 spiro atoms. The number of rotatable bonds is 8. The molecule has 0 bridgehead atoms. The standard InChI is InChI=1S/C17H19NO5/c1-20-15-10-13(11-16(12-15)21-2)17(19)18-23-9-8-22-14-6-4-3-5-7-14/h3-7,10-12H,8-9H2,1-2H3,(H,18,19). The van der Waals surface area contributed by atoms with Gasteiger partial charge in [0.2, 0.25) is 0 Å². The molecule has 0 aliphatic rings. The van der Waals surface area contributed by atoms with Gasteiger partial charge >= 0.3 is 0 Å². The van der Waals surface area contributed by atoms with Gasteiger partial charge in [-0.2, -0.15) is 0 Å². The molecule has 1 amide bonds. The molecule has 0 aromatic heterocycles. The fourth-order valence-electron chi connectivity index (χ4n) is 1.83. The van der Waals surface area contributed by atoms with Gasteiger partial charge in [0.15, 0.2) is 0 Å². The van der Waals surface area contributed by atoms with Crippen molar-refractivity contribution in [1.82, 2.24) is 5.48 Å². The molecule has 122 valence electrons. The normalized spacial score (nSPS) is 10.0. The molecule has 0 heterocycles. The number of carbonyl (C=O) groups is 1. The second-order valence-electron chi connectivity index (χ2n) is 4.54. The summed E-state index contributed by atoms with van der Waals surface area (Å²) >= 11 is 0. The SMILES string of the molecule is COc1cc(OC)cc(C(=O)NOCCOc2ccccc2)c1. The van der Waals surface area contributed by atoms with E-state index in [0.29, 0.717) is 23.7 Å². The Morgan fingerprint density at radius 2 is 1.57 bits per heavy atom. The van der Waals surface area contributed by atoms with Crippen molar-refractivity contribution >= 4 is 5.91 Å². The highest BCUT2D eigenvalue weighted by molar-refractivity contribution is 5.94. The van der Waals surface area contributed by atoms with E-state index in [0.717, 1.165) is 5.75 Å². The van der Waals surface area contributed by atoms with Crippen LogP contribution >= 0.6 is 0 Å². The highest BCUT2D eigenvalue weighted by atomic mass is 16.7. The third-order valence-corrected chi connectivity index (χ3v) is 2.98. The number of hydroxylamine groups is 1. The van der Waals surface area contributed by atoms with Gasteiger partial charge < -0.3 is 14.2 Å². The Morgan fingerprint density at radius 3 is 2.17 bits per heavy atom. The average molecular weight is 317 g/mol. The topological polar surface area (TPSA) is 66.0 Å². The zero-order valence-corrected chi connectivity index (χ0v) is 13.1. The van der Waals surface area contributed by atoms with E-state index >= 15 is 0 Å². The summed E-state index contributed by atoms with van der Waals surface area (Å²) in [7, 11) is 3.04. The van der Waals surface area contributed by atoms with Crippen LogP contribution in [0.2, 0.25) is 0 Å². The summed E-state index contributed by atoms with van der Waals surface area (Å²) < 4.78 is 15.7. The van der Waals surface area contributed by atoms with Crippen molar-refractivity contribution in [2.75, 3.05) is 27.4 Å². The molecule has 6 nitrogen and oxygen atoms in total. The number of nitrogens with one attached hydrogen (secondary N) is 1. The number of amides is 1. The Balaban J connectivity index is 1.78. The molecule has 0 atom stereocenters. The summed E-state index contributed by atoms with van der Waals surface area (Å²) in [6.07, 6.45) is 0. The van der Waals surface area contributed by atoms with E-state index in [1.165, 1.54) is 14.2 Å². The minimum atomic E-state index is -0.387. The lowest BCUT2D eigenvalue weighted by molar-refractivity contribution is 0.0200. The first kappa shape index (κ1) is 16.6. The van der Waals surface area contributed by atoms with E-state index in [4.69, 9.17) is 19.0 Å². The summed E-state index contributed by atoms with van der Waals surface area (Å²) in [5.41, 5.74) is 2.74. The molecule has 0 aliphatic carbocycles. The highest BCUT2D eigenvalue weighted by Gasteiger charge is 2.09. The van der Waals surface area contributed by atoms with Crippen LogP contribution in [0.5, 0.6) is 17.2 Å². The lowest BCUT2D eigenvalue weighted by Gasteiger charge is -2.10. The number of hydrogen-bond acceptors (Lipinski definition) is 5. The smallest absolute Gasteiger partial charge is 0.275 e. The van der Waals surface area contributed by atoms with Crippen LogP contribution in [-0.4, -0.2) is 33.3 Å². The molecule has 6 heteroatoms. The fraction of sp³-hybridized carbons (Fsp3) is 0.235. The van der Waals surface area contributed by atoms with Crippen LogP contribution in [0.4, 0.5) is 0 Å². The van der Waals surface area contributed by atoms with E-state index in [9.17, 15) is 4.79 Å². The van der Waals surface area contributed by atoms with Crippen molar-refractivity contribution in [2.45, 2.75) is 0 Å². The first-order valence-electron chi connectivity index (χ1n) is 7.06. The number of benzene rings is 2. The van der Waals surface area contributed by atoms with Crippen LogP contribution in [-0.2, 0) is 4.84 Å². The Morgan fingerprint density at radius 1 is 0.913 bits per heavy atom. The van der Waals surface area contributed by atoms with Gasteiger partial charge in [0, 0.05) is 11.6 Å². The molecule has 2 aromatic rings. The van der Waals surface area contributed by atoms with Gasteiger partial charge in [-0.3, -0.25) is 9.63 Å². The van der Waals surface area contributed by atoms with Crippen LogP contribution in [0.3, 0.4) is 0 Å². The summed E-state index contributed by atoms with van der Waals surface area (Å²) in [6, 6.07) is 14.3. The molecule has 0 saturated carbocycles. The molecule has 1 N–H and O–H groups in total. The Bertz CT molecular complexity index is 608. The zero-order valence-electron chi connectivity index (χ0n) is 13.1. The Hall–Kier alpha value is -2.73. The third-order valence-electron chi connectivity index (χ3n) is 2.98. The highest BCUT2D eigenvalue weighted by Crippen LogP contribution is 2.22. The van der Waals surface area contributed by atoms with E-state index in [-0.39, 0.29) is 12.5 Å². The van der Waals surface area contributed by atoms with Crippen molar-refractivity contribution < 1.29 is 23.8 Å². The fourth-order valence-corrected chi connectivity index (χ4v) is 1.83. The molecule has 2 aromatic carbocycles. The largest absolute Gasteiger partial charge is 0.497 e. The predicted molar refractivity (Wildman–Crippen MR) is 84.9 cm³/mol. The van der Waals surface area contributed by atoms with Crippen molar-refractivity contribution in [2.24, 2.45) is 0 Å². The third kappa shape index (κ3) is 5.19. The van der Waals surface area contributed by atoms with E-state index in [2.05, 4.69) is 5.48 Å². The summed E-state index contributed by atoms with van der Waals surface area (Å²) in [5, 5.41) is 0. The van der Waals surface area contributed by atoms with E-state index < -0.39 is 0 Å². The number of hydrogen-bond donors (Lipinski definition) is 1. The maximum Gasteiger partial charge on any atom is 0.275 e. The lowest BCUT2D eigenvalue weighted by Crippen LogP contribution is -2.26. The zero-order chi connectivity index (χ0) is 16.5. The Labute approximate surface area is 134 Å². The van der Waals surface area contributed by atoms with Gasteiger partial charge in [-0.15, -0.1) is 0 Å². The van der Waals surface area contributed by atoms with Crippen LogP contribution in [0, 0.1) is 0 Å². The molecular formula is C17H19NO5. The van der Waals surface area contributed by atoms with Crippen LogP contribution in [0.25, 0.3) is 0 Å². The molecule has 0 radical (unpaired) electrons. The quantitative estimate of drug-likeness (QED) is 0.598. The molecule has 0 unspecified atom stereocenters. The predicted octanol–water partition coefficient (Wildman–Crippen LogP) is 2.44. The van der Waals surface area contributed by atoms with Crippen molar-refractivity contribution in [3.63, 3.8) is 0 Å². The molecule has 0 fully saturated rings. The van der Waals surface area contributed by atoms with Crippen molar-refractivity contribution in [3.05, 3.63) is 54.1 Å². The average Bonchev–Trinajstić information content (AvgIpc) is 2.61.